The average Bonchev–Trinajstić information content (AvgIpc) is 2.71. The van der Waals surface area contributed by atoms with Gasteiger partial charge in [-0.3, -0.25) is 25.0 Å². The molecule has 0 atom stereocenters. The SMILES string of the molecule is CCCCC(=O)Nc1cccc(NC(=S)NC(=O)/C=C/c2ccc(Cl)c([N+](=O)[O-])c2)c1. The van der Waals surface area contributed by atoms with Crippen molar-refractivity contribution in [1.82, 2.24) is 5.32 Å². The van der Waals surface area contributed by atoms with Crippen LogP contribution in [0.4, 0.5) is 17.1 Å². The van der Waals surface area contributed by atoms with Crippen LogP contribution in [0.5, 0.6) is 0 Å². The van der Waals surface area contributed by atoms with E-state index in [4.69, 9.17) is 23.8 Å². The molecule has 0 aliphatic rings. The number of nitrogens with one attached hydrogen (secondary N) is 3. The monoisotopic (exact) mass is 460 g/mol. The Labute approximate surface area is 189 Å². The minimum absolute atomic E-state index is 0.0146. The summed E-state index contributed by atoms with van der Waals surface area (Å²) >= 11 is 10.9. The molecule has 2 amide bonds. The minimum Gasteiger partial charge on any atom is -0.332 e. The molecular weight excluding hydrogens is 440 g/mol. The third-order valence-corrected chi connectivity index (χ3v) is 4.52. The van der Waals surface area contributed by atoms with Crippen LogP contribution in [-0.2, 0) is 9.59 Å². The smallest absolute Gasteiger partial charge is 0.288 e. The highest BCUT2D eigenvalue weighted by Gasteiger charge is 2.12. The lowest BCUT2D eigenvalue weighted by molar-refractivity contribution is -0.384. The van der Waals surface area contributed by atoms with Crippen molar-refractivity contribution in [3.8, 4) is 0 Å². The van der Waals surface area contributed by atoms with Crippen LogP contribution in [-0.4, -0.2) is 21.9 Å². The first-order valence-electron chi connectivity index (χ1n) is 9.42. The summed E-state index contributed by atoms with van der Waals surface area (Å²) in [5.74, 6) is -0.582. The molecule has 0 heterocycles. The first kappa shape index (κ1) is 24.0. The van der Waals surface area contributed by atoms with Crippen molar-refractivity contribution in [2.75, 3.05) is 10.6 Å². The molecule has 2 aromatic carbocycles. The van der Waals surface area contributed by atoms with Gasteiger partial charge in [-0.25, -0.2) is 0 Å². The lowest BCUT2D eigenvalue weighted by Gasteiger charge is -2.10. The second-order valence-electron chi connectivity index (χ2n) is 6.48. The van der Waals surface area contributed by atoms with E-state index in [0.717, 1.165) is 12.8 Å². The van der Waals surface area contributed by atoms with E-state index in [-0.39, 0.29) is 21.7 Å². The van der Waals surface area contributed by atoms with E-state index < -0.39 is 10.8 Å². The van der Waals surface area contributed by atoms with Crippen molar-refractivity contribution in [2.45, 2.75) is 26.2 Å². The summed E-state index contributed by atoms with van der Waals surface area (Å²) in [7, 11) is 0. The fourth-order valence-corrected chi connectivity index (χ4v) is 2.90. The van der Waals surface area contributed by atoms with Gasteiger partial charge in [-0.2, -0.15) is 0 Å². The molecule has 0 aliphatic heterocycles. The van der Waals surface area contributed by atoms with E-state index in [1.165, 1.54) is 24.3 Å². The number of thiocarbonyl (C=S) groups is 1. The topological polar surface area (TPSA) is 113 Å². The van der Waals surface area contributed by atoms with E-state index in [9.17, 15) is 19.7 Å². The molecule has 2 rings (SSSR count). The number of nitro benzene ring substituents is 1. The number of rotatable bonds is 8. The number of nitrogens with zero attached hydrogens (tertiary/aromatic N) is 1. The fourth-order valence-electron chi connectivity index (χ4n) is 2.50. The second-order valence-corrected chi connectivity index (χ2v) is 7.29. The second kappa shape index (κ2) is 11.8. The molecule has 0 bridgehead atoms. The maximum absolute atomic E-state index is 12.1. The van der Waals surface area contributed by atoms with Crippen LogP contribution in [0, 0.1) is 10.1 Å². The zero-order valence-electron chi connectivity index (χ0n) is 16.7. The van der Waals surface area contributed by atoms with Crippen LogP contribution < -0.4 is 16.0 Å². The van der Waals surface area contributed by atoms with Gasteiger partial charge in [-0.1, -0.05) is 37.1 Å². The highest BCUT2D eigenvalue weighted by molar-refractivity contribution is 7.80. The molecule has 0 aromatic heterocycles. The predicted molar refractivity (Wildman–Crippen MR) is 126 cm³/mol. The summed E-state index contributed by atoms with van der Waals surface area (Å²) in [6, 6.07) is 11.1. The summed E-state index contributed by atoms with van der Waals surface area (Å²) in [5, 5.41) is 19.2. The quantitative estimate of drug-likeness (QED) is 0.223. The van der Waals surface area contributed by atoms with Gasteiger partial charge in [0.1, 0.15) is 5.02 Å². The number of anilines is 2. The molecule has 3 N–H and O–H groups in total. The number of unbranched alkanes of at least 4 members (excludes halogenated alkanes) is 1. The van der Waals surface area contributed by atoms with Gasteiger partial charge in [-0.05, 0) is 54.5 Å². The molecule has 0 spiro atoms. The van der Waals surface area contributed by atoms with Crippen molar-refractivity contribution in [1.29, 1.82) is 0 Å². The van der Waals surface area contributed by atoms with Gasteiger partial charge in [0.05, 0.1) is 4.92 Å². The van der Waals surface area contributed by atoms with Crippen LogP contribution in [0.15, 0.2) is 48.5 Å². The predicted octanol–water partition coefficient (Wildman–Crippen LogP) is 4.90. The van der Waals surface area contributed by atoms with Crippen LogP contribution in [0.2, 0.25) is 5.02 Å². The Morgan fingerprint density at radius 3 is 2.55 bits per heavy atom. The van der Waals surface area contributed by atoms with Crippen molar-refractivity contribution < 1.29 is 14.5 Å². The van der Waals surface area contributed by atoms with Crippen molar-refractivity contribution >= 4 is 63.9 Å². The molecule has 0 radical (unpaired) electrons. The molecule has 0 saturated heterocycles. The molecule has 0 unspecified atom stereocenters. The third-order valence-electron chi connectivity index (χ3n) is 3.99. The summed E-state index contributed by atoms with van der Waals surface area (Å²) < 4.78 is 0. The fraction of sp³-hybridized carbons (Fsp3) is 0.190. The zero-order chi connectivity index (χ0) is 22.8. The normalized spacial score (nSPS) is 10.5. The van der Waals surface area contributed by atoms with Gasteiger partial charge in [0, 0.05) is 29.9 Å². The number of amides is 2. The summed E-state index contributed by atoms with van der Waals surface area (Å²) in [6.07, 6.45) is 4.81. The highest BCUT2D eigenvalue weighted by atomic mass is 35.5. The number of nitro groups is 1. The van der Waals surface area contributed by atoms with Crippen LogP contribution >= 0.6 is 23.8 Å². The zero-order valence-corrected chi connectivity index (χ0v) is 18.3. The van der Waals surface area contributed by atoms with Gasteiger partial charge >= 0.3 is 0 Å². The number of benzene rings is 2. The maximum Gasteiger partial charge on any atom is 0.288 e. The lowest BCUT2D eigenvalue weighted by Crippen LogP contribution is -2.32. The van der Waals surface area contributed by atoms with Crippen LogP contribution in [0.3, 0.4) is 0 Å². The third kappa shape index (κ3) is 8.15. The molecule has 31 heavy (non-hydrogen) atoms. The molecule has 162 valence electrons. The minimum atomic E-state index is -0.598. The summed E-state index contributed by atoms with van der Waals surface area (Å²) in [6.45, 7) is 2.02. The van der Waals surface area contributed by atoms with Crippen LogP contribution in [0.25, 0.3) is 6.08 Å². The van der Waals surface area contributed by atoms with E-state index in [2.05, 4.69) is 16.0 Å². The number of halogens is 1. The van der Waals surface area contributed by atoms with Crippen molar-refractivity contribution in [3.63, 3.8) is 0 Å². The Balaban J connectivity index is 1.92. The Morgan fingerprint density at radius 1 is 1.16 bits per heavy atom. The summed E-state index contributed by atoms with van der Waals surface area (Å²) in [4.78, 5) is 34.3. The molecule has 8 nitrogen and oxygen atoms in total. The first-order valence-corrected chi connectivity index (χ1v) is 10.2. The number of hydrogen-bond acceptors (Lipinski definition) is 5. The van der Waals surface area contributed by atoms with Gasteiger partial charge < -0.3 is 10.6 Å². The van der Waals surface area contributed by atoms with Crippen LogP contribution in [0.1, 0.15) is 31.7 Å². The van der Waals surface area contributed by atoms with E-state index in [0.29, 0.717) is 23.4 Å². The van der Waals surface area contributed by atoms with Crippen molar-refractivity contribution in [3.05, 3.63) is 69.2 Å². The first-order chi connectivity index (χ1) is 14.8. The number of carbonyl (C=O) groups is 2. The Bertz CT molecular complexity index is 1030. The summed E-state index contributed by atoms with van der Waals surface area (Å²) in [5.41, 5.74) is 1.40. The van der Waals surface area contributed by atoms with Gasteiger partial charge in [0.25, 0.3) is 5.69 Å². The van der Waals surface area contributed by atoms with E-state index in [1.807, 2.05) is 6.92 Å². The lowest BCUT2D eigenvalue weighted by atomic mass is 10.2. The van der Waals surface area contributed by atoms with E-state index >= 15 is 0 Å². The largest absolute Gasteiger partial charge is 0.332 e. The Hall–Kier alpha value is -3.30. The Morgan fingerprint density at radius 2 is 1.87 bits per heavy atom. The standard InChI is InChI=1S/C21H21ClN4O4S/c1-2-3-7-19(27)23-15-5-4-6-16(13-15)24-21(31)25-20(28)11-9-14-8-10-17(22)18(12-14)26(29)30/h4-6,8-13H,2-3,7H2,1H3,(H,23,27)(H2,24,25,28,31)/b11-9+. The molecule has 0 aliphatic carbocycles. The van der Waals surface area contributed by atoms with Crippen molar-refractivity contribution in [2.24, 2.45) is 0 Å². The maximum atomic E-state index is 12.1. The highest BCUT2D eigenvalue weighted by Crippen LogP contribution is 2.25. The molecule has 2 aromatic rings. The molecule has 10 heteroatoms. The van der Waals surface area contributed by atoms with E-state index in [1.54, 1.807) is 30.3 Å². The molecular formula is C21H21ClN4O4S. The Kier molecular flexibility index (Phi) is 9.11. The number of hydrogen-bond donors (Lipinski definition) is 3. The average molecular weight is 461 g/mol. The van der Waals surface area contributed by atoms with Gasteiger partial charge in [-0.15, -0.1) is 0 Å². The van der Waals surface area contributed by atoms with Gasteiger partial charge in [0.15, 0.2) is 5.11 Å². The van der Waals surface area contributed by atoms with Gasteiger partial charge in [0.2, 0.25) is 11.8 Å². The molecule has 0 fully saturated rings. The molecule has 0 saturated carbocycles. The number of carbonyl (C=O) groups excluding carboxylic acids is 2.